The van der Waals surface area contributed by atoms with Crippen molar-refractivity contribution in [3.8, 4) is 0 Å². The zero-order valence-electron chi connectivity index (χ0n) is 13.2. The molecule has 2 saturated heterocycles. The summed E-state index contributed by atoms with van der Waals surface area (Å²) in [7, 11) is 0. The van der Waals surface area contributed by atoms with Gasteiger partial charge in [-0.25, -0.2) is 8.78 Å². The Kier molecular flexibility index (Phi) is 4.80. The Bertz CT molecular complexity index is 645. The average molecular weight is 338 g/mol. The number of rotatable bonds is 3. The second-order valence-corrected chi connectivity index (χ2v) is 6.35. The van der Waals surface area contributed by atoms with E-state index in [1.165, 1.54) is 12.1 Å². The molecule has 2 fully saturated rings. The van der Waals surface area contributed by atoms with Gasteiger partial charge in [0.2, 0.25) is 11.8 Å². The standard InChI is InChI=1S/C17H20F2N2O3/c18-12-1-2-13(14(19)10-12)17(4-7-24-8-5-17)21-16(23)11-3-6-20-15(22)9-11/h1-2,10-11H,3-9H2,(H,20,22)(H,21,23). The Hall–Kier alpha value is -2.02. The second kappa shape index (κ2) is 6.84. The molecule has 1 aromatic carbocycles. The monoisotopic (exact) mass is 338 g/mol. The van der Waals surface area contributed by atoms with E-state index in [4.69, 9.17) is 4.74 Å². The van der Waals surface area contributed by atoms with Gasteiger partial charge in [-0.2, -0.15) is 0 Å². The van der Waals surface area contributed by atoms with Crippen LogP contribution in [0.25, 0.3) is 0 Å². The number of carbonyl (C=O) groups excluding carboxylic acids is 2. The molecule has 2 aliphatic rings. The molecule has 0 radical (unpaired) electrons. The molecular weight excluding hydrogens is 318 g/mol. The molecule has 0 spiro atoms. The van der Waals surface area contributed by atoms with Gasteiger partial charge in [0.05, 0.1) is 5.54 Å². The fraction of sp³-hybridized carbons (Fsp3) is 0.529. The lowest BCUT2D eigenvalue weighted by atomic mass is 9.81. The highest BCUT2D eigenvalue weighted by Crippen LogP contribution is 2.35. The molecule has 2 amide bonds. The number of halogens is 2. The van der Waals surface area contributed by atoms with Crippen LogP contribution in [0.3, 0.4) is 0 Å². The molecule has 0 saturated carbocycles. The molecule has 2 N–H and O–H groups in total. The van der Waals surface area contributed by atoms with Crippen molar-refractivity contribution in [3.63, 3.8) is 0 Å². The molecule has 1 atom stereocenters. The van der Waals surface area contributed by atoms with Crippen molar-refractivity contribution in [1.29, 1.82) is 0 Å². The number of amides is 2. The summed E-state index contributed by atoms with van der Waals surface area (Å²) in [6.45, 7) is 1.21. The maximum atomic E-state index is 14.3. The van der Waals surface area contributed by atoms with E-state index in [0.29, 0.717) is 39.0 Å². The zero-order chi connectivity index (χ0) is 17.2. The minimum absolute atomic E-state index is 0.129. The SMILES string of the molecule is O=C1CC(C(=O)NC2(c3ccc(F)cc3F)CCOCC2)CCN1. The summed E-state index contributed by atoms with van der Waals surface area (Å²) < 4.78 is 32.9. The molecule has 5 nitrogen and oxygen atoms in total. The summed E-state index contributed by atoms with van der Waals surface area (Å²) in [5.41, 5.74) is -0.665. The van der Waals surface area contributed by atoms with E-state index in [-0.39, 0.29) is 23.8 Å². The third kappa shape index (κ3) is 3.40. The first-order chi connectivity index (χ1) is 11.5. The number of carbonyl (C=O) groups is 2. The van der Waals surface area contributed by atoms with Crippen LogP contribution in [0.2, 0.25) is 0 Å². The summed E-state index contributed by atoms with van der Waals surface area (Å²) in [5.74, 6) is -2.19. The first-order valence-electron chi connectivity index (χ1n) is 8.12. The summed E-state index contributed by atoms with van der Waals surface area (Å²) >= 11 is 0. The quantitative estimate of drug-likeness (QED) is 0.880. The Morgan fingerprint density at radius 2 is 2.04 bits per heavy atom. The molecule has 3 rings (SSSR count). The average Bonchev–Trinajstić information content (AvgIpc) is 2.55. The van der Waals surface area contributed by atoms with Crippen LogP contribution in [0.15, 0.2) is 18.2 Å². The minimum atomic E-state index is -0.930. The molecule has 7 heteroatoms. The van der Waals surface area contributed by atoms with E-state index >= 15 is 0 Å². The van der Waals surface area contributed by atoms with Crippen LogP contribution in [0.5, 0.6) is 0 Å². The van der Waals surface area contributed by atoms with Crippen LogP contribution in [-0.4, -0.2) is 31.6 Å². The maximum absolute atomic E-state index is 14.3. The first-order valence-corrected chi connectivity index (χ1v) is 8.12. The van der Waals surface area contributed by atoms with Gasteiger partial charge in [0, 0.05) is 43.7 Å². The molecular formula is C17H20F2N2O3. The van der Waals surface area contributed by atoms with Gasteiger partial charge in [-0.15, -0.1) is 0 Å². The van der Waals surface area contributed by atoms with E-state index < -0.39 is 23.1 Å². The first kappa shape index (κ1) is 16.8. The van der Waals surface area contributed by atoms with E-state index in [9.17, 15) is 18.4 Å². The van der Waals surface area contributed by atoms with Crippen LogP contribution in [0.1, 0.15) is 31.2 Å². The van der Waals surface area contributed by atoms with Gasteiger partial charge >= 0.3 is 0 Å². The lowest BCUT2D eigenvalue weighted by Gasteiger charge is -2.40. The molecule has 24 heavy (non-hydrogen) atoms. The topological polar surface area (TPSA) is 67.4 Å². The van der Waals surface area contributed by atoms with Crippen molar-refractivity contribution in [2.45, 2.75) is 31.2 Å². The summed E-state index contributed by atoms with van der Waals surface area (Å²) in [6, 6.07) is 3.40. The smallest absolute Gasteiger partial charge is 0.224 e. The van der Waals surface area contributed by atoms with Gasteiger partial charge in [0.1, 0.15) is 11.6 Å². The van der Waals surface area contributed by atoms with Crippen LogP contribution in [0.4, 0.5) is 8.78 Å². The van der Waals surface area contributed by atoms with Crippen LogP contribution >= 0.6 is 0 Å². The summed E-state index contributed by atoms with van der Waals surface area (Å²) in [6.07, 6.45) is 1.49. The lowest BCUT2D eigenvalue weighted by Crippen LogP contribution is -2.53. The molecule has 1 unspecified atom stereocenters. The fourth-order valence-electron chi connectivity index (χ4n) is 3.40. The van der Waals surface area contributed by atoms with Crippen LogP contribution in [-0.2, 0) is 19.9 Å². The van der Waals surface area contributed by atoms with E-state index in [1.807, 2.05) is 0 Å². The van der Waals surface area contributed by atoms with Gasteiger partial charge in [0.15, 0.2) is 0 Å². The molecule has 130 valence electrons. The van der Waals surface area contributed by atoms with Crippen molar-refractivity contribution >= 4 is 11.8 Å². The van der Waals surface area contributed by atoms with Crippen molar-refractivity contribution in [2.75, 3.05) is 19.8 Å². The highest BCUT2D eigenvalue weighted by molar-refractivity contribution is 5.87. The molecule has 0 aromatic heterocycles. The Balaban J connectivity index is 1.86. The van der Waals surface area contributed by atoms with Gasteiger partial charge < -0.3 is 15.4 Å². The van der Waals surface area contributed by atoms with Crippen LogP contribution in [0, 0.1) is 17.6 Å². The zero-order valence-corrected chi connectivity index (χ0v) is 13.2. The number of nitrogens with one attached hydrogen (secondary N) is 2. The summed E-state index contributed by atoms with van der Waals surface area (Å²) in [4.78, 5) is 24.1. The van der Waals surface area contributed by atoms with Gasteiger partial charge in [-0.1, -0.05) is 6.07 Å². The highest BCUT2D eigenvalue weighted by Gasteiger charge is 2.40. The molecule has 0 aliphatic carbocycles. The second-order valence-electron chi connectivity index (χ2n) is 6.35. The summed E-state index contributed by atoms with van der Waals surface area (Å²) in [5, 5.41) is 5.62. The predicted octanol–water partition coefficient (Wildman–Crippen LogP) is 1.61. The highest BCUT2D eigenvalue weighted by atomic mass is 19.1. The predicted molar refractivity (Wildman–Crippen MR) is 82.0 cm³/mol. The Morgan fingerprint density at radius 3 is 2.71 bits per heavy atom. The molecule has 2 heterocycles. The number of hydrogen-bond acceptors (Lipinski definition) is 3. The third-order valence-corrected chi connectivity index (χ3v) is 4.77. The minimum Gasteiger partial charge on any atom is -0.381 e. The molecule has 1 aromatic rings. The van der Waals surface area contributed by atoms with E-state index in [0.717, 1.165) is 6.07 Å². The molecule has 2 aliphatic heterocycles. The number of benzene rings is 1. The van der Waals surface area contributed by atoms with Gasteiger partial charge in [-0.3, -0.25) is 9.59 Å². The van der Waals surface area contributed by atoms with Crippen molar-refractivity contribution < 1.29 is 23.1 Å². The number of piperidine rings is 1. The van der Waals surface area contributed by atoms with Gasteiger partial charge in [0.25, 0.3) is 0 Å². The largest absolute Gasteiger partial charge is 0.381 e. The fourth-order valence-corrected chi connectivity index (χ4v) is 3.40. The lowest BCUT2D eigenvalue weighted by molar-refractivity contribution is -0.134. The van der Waals surface area contributed by atoms with E-state index in [1.54, 1.807) is 0 Å². The third-order valence-electron chi connectivity index (χ3n) is 4.77. The number of ether oxygens (including phenoxy) is 1. The maximum Gasteiger partial charge on any atom is 0.224 e. The normalized spacial score (nSPS) is 23.4. The number of hydrogen-bond donors (Lipinski definition) is 2. The molecule has 0 bridgehead atoms. The van der Waals surface area contributed by atoms with E-state index in [2.05, 4.69) is 10.6 Å². The van der Waals surface area contributed by atoms with Crippen molar-refractivity contribution in [1.82, 2.24) is 10.6 Å². The Morgan fingerprint density at radius 1 is 1.29 bits per heavy atom. The van der Waals surface area contributed by atoms with Gasteiger partial charge in [-0.05, 0) is 25.3 Å². The Labute approximate surface area is 138 Å². The van der Waals surface area contributed by atoms with Crippen molar-refractivity contribution in [2.24, 2.45) is 5.92 Å². The van der Waals surface area contributed by atoms with Crippen LogP contribution < -0.4 is 10.6 Å². The van der Waals surface area contributed by atoms with Crippen molar-refractivity contribution in [3.05, 3.63) is 35.4 Å².